The lowest BCUT2D eigenvalue weighted by Gasteiger charge is -2.32. The molecule has 0 saturated heterocycles. The summed E-state index contributed by atoms with van der Waals surface area (Å²) in [5, 5.41) is 2.93. The Morgan fingerprint density at radius 2 is 1.56 bits per heavy atom. The summed E-state index contributed by atoms with van der Waals surface area (Å²) < 4.78 is 24.4. The van der Waals surface area contributed by atoms with E-state index in [1.807, 2.05) is 42.5 Å². The first kappa shape index (κ1) is 27.3. The van der Waals surface area contributed by atoms with E-state index in [0.717, 1.165) is 0 Å². The summed E-state index contributed by atoms with van der Waals surface area (Å²) in [6.07, 6.45) is 1.67. The van der Waals surface area contributed by atoms with E-state index in [0.29, 0.717) is 33.9 Å². The number of carbonyl (C=O) groups excluding carboxylic acids is 2. The fourth-order valence-corrected chi connectivity index (χ4v) is 4.26. The van der Waals surface area contributed by atoms with E-state index in [9.17, 15) is 14.0 Å². The lowest BCUT2D eigenvalue weighted by atomic mass is 10.0. The van der Waals surface area contributed by atoms with Crippen LogP contribution in [0.4, 0.5) is 4.39 Å². The molecule has 0 aliphatic rings. The van der Waals surface area contributed by atoms with Crippen molar-refractivity contribution in [1.29, 1.82) is 0 Å². The van der Waals surface area contributed by atoms with E-state index in [4.69, 9.17) is 9.47 Å². The highest BCUT2D eigenvalue weighted by Crippen LogP contribution is 2.29. The molecule has 200 valence electrons. The van der Waals surface area contributed by atoms with Crippen LogP contribution in [-0.4, -0.2) is 35.9 Å². The average Bonchev–Trinajstić information content (AvgIpc) is 2.97. The number of methoxy groups -OCH3 is 2. The van der Waals surface area contributed by atoms with E-state index in [1.54, 1.807) is 49.7 Å². The monoisotopic (exact) mass is 527 g/mol. The van der Waals surface area contributed by atoms with Gasteiger partial charge in [-0.1, -0.05) is 54.6 Å². The minimum atomic E-state index is -0.937. The van der Waals surface area contributed by atoms with Crippen molar-refractivity contribution in [3.63, 3.8) is 0 Å². The van der Waals surface area contributed by atoms with Gasteiger partial charge in [0.15, 0.2) is 11.5 Å². The normalized spacial score (nSPS) is 11.4. The molecule has 0 aliphatic carbocycles. The number of pyridine rings is 1. The van der Waals surface area contributed by atoms with Crippen molar-refractivity contribution >= 4 is 11.8 Å². The third-order valence-electron chi connectivity index (χ3n) is 6.24. The summed E-state index contributed by atoms with van der Waals surface area (Å²) in [5.74, 6) is 0.0335. The molecule has 0 bridgehead atoms. The van der Waals surface area contributed by atoms with Crippen LogP contribution in [0.15, 0.2) is 97.2 Å². The highest BCUT2D eigenvalue weighted by molar-refractivity contribution is 5.89. The van der Waals surface area contributed by atoms with Crippen molar-refractivity contribution in [3.8, 4) is 11.5 Å². The molecule has 0 aliphatic heterocycles. The Morgan fingerprint density at radius 3 is 2.23 bits per heavy atom. The maximum atomic E-state index is 13.9. The zero-order valence-corrected chi connectivity index (χ0v) is 21.8. The third kappa shape index (κ3) is 7.19. The Morgan fingerprint density at radius 1 is 0.872 bits per heavy atom. The quantitative estimate of drug-likeness (QED) is 0.301. The van der Waals surface area contributed by atoms with Gasteiger partial charge >= 0.3 is 0 Å². The van der Waals surface area contributed by atoms with Crippen LogP contribution < -0.4 is 14.8 Å². The second-order valence-electron chi connectivity index (χ2n) is 8.87. The van der Waals surface area contributed by atoms with Gasteiger partial charge in [-0.15, -0.1) is 0 Å². The number of benzene rings is 3. The van der Waals surface area contributed by atoms with Crippen molar-refractivity contribution in [3.05, 3.63) is 125 Å². The first-order valence-electron chi connectivity index (χ1n) is 12.5. The van der Waals surface area contributed by atoms with Crippen molar-refractivity contribution < 1.29 is 23.5 Å². The second-order valence-corrected chi connectivity index (χ2v) is 8.87. The Bertz CT molecular complexity index is 1380. The average molecular weight is 528 g/mol. The predicted octanol–water partition coefficient (Wildman–Crippen LogP) is 4.87. The van der Waals surface area contributed by atoms with Gasteiger partial charge in [-0.25, -0.2) is 4.39 Å². The number of hydrogen-bond donors (Lipinski definition) is 1. The van der Waals surface area contributed by atoms with Gasteiger partial charge in [0.2, 0.25) is 11.8 Å². The number of hydrogen-bond acceptors (Lipinski definition) is 5. The molecule has 4 aromatic rings. The van der Waals surface area contributed by atoms with Gasteiger partial charge in [0.1, 0.15) is 11.9 Å². The second kappa shape index (κ2) is 13.2. The topological polar surface area (TPSA) is 80.8 Å². The molecule has 0 saturated carbocycles. The highest BCUT2D eigenvalue weighted by atomic mass is 19.1. The van der Waals surface area contributed by atoms with E-state index >= 15 is 0 Å². The molecule has 39 heavy (non-hydrogen) atoms. The number of nitrogens with one attached hydrogen (secondary N) is 1. The minimum absolute atomic E-state index is 0.0123. The van der Waals surface area contributed by atoms with Crippen LogP contribution in [0.5, 0.6) is 11.5 Å². The van der Waals surface area contributed by atoms with Gasteiger partial charge in [-0.05, 0) is 53.1 Å². The first-order chi connectivity index (χ1) is 19.0. The summed E-state index contributed by atoms with van der Waals surface area (Å²) in [7, 11) is 3.07. The number of carbonyl (C=O) groups is 2. The number of rotatable bonds is 11. The van der Waals surface area contributed by atoms with Gasteiger partial charge in [-0.3, -0.25) is 14.6 Å². The van der Waals surface area contributed by atoms with Crippen molar-refractivity contribution in [2.75, 3.05) is 14.2 Å². The van der Waals surface area contributed by atoms with Gasteiger partial charge < -0.3 is 19.7 Å². The summed E-state index contributed by atoms with van der Waals surface area (Å²) in [6.45, 7) is 0.306. The van der Waals surface area contributed by atoms with E-state index in [2.05, 4.69) is 10.3 Å². The van der Waals surface area contributed by atoms with Crippen LogP contribution in [-0.2, 0) is 29.1 Å². The number of amides is 2. The summed E-state index contributed by atoms with van der Waals surface area (Å²) >= 11 is 0. The molecule has 0 unspecified atom stereocenters. The maximum absolute atomic E-state index is 13.9. The number of nitrogens with zero attached hydrogens (tertiary/aromatic N) is 2. The Kier molecular flexibility index (Phi) is 9.24. The highest BCUT2D eigenvalue weighted by Gasteiger charge is 2.31. The molecular formula is C31H30FN3O4. The molecule has 1 atom stereocenters. The third-order valence-corrected chi connectivity index (χ3v) is 6.24. The minimum Gasteiger partial charge on any atom is -0.493 e. The molecule has 1 aromatic heterocycles. The van der Waals surface area contributed by atoms with Crippen LogP contribution in [0, 0.1) is 5.82 Å². The fourth-order valence-electron chi connectivity index (χ4n) is 4.26. The van der Waals surface area contributed by atoms with E-state index in [1.165, 1.54) is 24.1 Å². The summed E-state index contributed by atoms with van der Waals surface area (Å²) in [4.78, 5) is 33.4. The molecule has 8 heteroatoms. The number of ether oxygens (including phenoxy) is 2. The molecule has 1 N–H and O–H groups in total. The zero-order valence-electron chi connectivity index (χ0n) is 21.8. The molecule has 3 aromatic carbocycles. The van der Waals surface area contributed by atoms with Crippen molar-refractivity contribution in [1.82, 2.24) is 15.2 Å². The predicted molar refractivity (Wildman–Crippen MR) is 145 cm³/mol. The molecule has 2 amide bonds. The largest absolute Gasteiger partial charge is 0.493 e. The number of aromatic nitrogens is 1. The number of halogens is 1. The Balaban J connectivity index is 1.68. The zero-order chi connectivity index (χ0) is 27.6. The van der Waals surface area contributed by atoms with Gasteiger partial charge in [-0.2, -0.15) is 0 Å². The molecule has 0 fully saturated rings. The molecule has 1 heterocycles. The standard InChI is InChI=1S/C31H30FN3O4/c1-38-27-16-13-23(18-28(27)39-2)19-29(36)35(21-22-11-14-25(32)15-12-22)30(24-8-4-3-5-9-24)31(37)34-20-26-10-6-7-17-33-26/h3-18,30H,19-21H2,1-2H3,(H,34,37)/t30-/m0/s1. The van der Waals surface area contributed by atoms with Gasteiger partial charge in [0.25, 0.3) is 0 Å². The van der Waals surface area contributed by atoms with Crippen molar-refractivity contribution in [2.45, 2.75) is 25.6 Å². The van der Waals surface area contributed by atoms with E-state index < -0.39 is 6.04 Å². The first-order valence-corrected chi connectivity index (χ1v) is 12.5. The molecule has 4 rings (SSSR count). The molecular weight excluding hydrogens is 497 g/mol. The van der Waals surface area contributed by atoms with Crippen LogP contribution in [0.1, 0.15) is 28.4 Å². The Labute approximate surface area is 227 Å². The molecule has 0 spiro atoms. The van der Waals surface area contributed by atoms with Gasteiger partial charge in [0, 0.05) is 12.7 Å². The summed E-state index contributed by atoms with van der Waals surface area (Å²) in [5.41, 5.74) is 2.73. The smallest absolute Gasteiger partial charge is 0.247 e. The van der Waals surface area contributed by atoms with Crippen LogP contribution in [0.25, 0.3) is 0 Å². The molecule has 7 nitrogen and oxygen atoms in total. The Hall–Kier alpha value is -4.72. The maximum Gasteiger partial charge on any atom is 0.247 e. The van der Waals surface area contributed by atoms with Crippen molar-refractivity contribution in [2.24, 2.45) is 0 Å². The fraction of sp³-hybridized carbons (Fsp3) is 0.194. The SMILES string of the molecule is COc1ccc(CC(=O)N(Cc2ccc(F)cc2)[C@H](C(=O)NCc2ccccn2)c2ccccc2)cc1OC. The van der Waals surface area contributed by atoms with Crippen LogP contribution in [0.2, 0.25) is 0 Å². The van der Waals surface area contributed by atoms with Gasteiger partial charge in [0.05, 0.1) is 32.9 Å². The lowest BCUT2D eigenvalue weighted by Crippen LogP contribution is -2.44. The van der Waals surface area contributed by atoms with E-state index in [-0.39, 0.29) is 37.1 Å². The van der Waals surface area contributed by atoms with Crippen LogP contribution in [0.3, 0.4) is 0 Å². The molecule has 0 radical (unpaired) electrons. The lowest BCUT2D eigenvalue weighted by molar-refractivity contribution is -0.141. The van der Waals surface area contributed by atoms with Crippen LogP contribution >= 0.6 is 0 Å². The summed E-state index contributed by atoms with van der Waals surface area (Å²) in [6, 6.07) is 24.8.